The van der Waals surface area contributed by atoms with Crippen molar-refractivity contribution >= 4 is 11.8 Å². The number of benzene rings is 1. The molecule has 5 nitrogen and oxygen atoms in total. The maximum Gasteiger partial charge on any atom is 0.223 e. The molecule has 0 spiro atoms. The highest BCUT2D eigenvalue weighted by atomic mass is 16.5. The molecule has 1 aromatic rings. The van der Waals surface area contributed by atoms with E-state index in [9.17, 15) is 9.59 Å². The maximum atomic E-state index is 11.7. The Morgan fingerprint density at radius 1 is 1.13 bits per heavy atom. The minimum Gasteiger partial charge on any atom is -0.493 e. The van der Waals surface area contributed by atoms with Gasteiger partial charge in [-0.15, -0.1) is 0 Å². The molecule has 0 radical (unpaired) electrons. The molecular weight excluding hydrogens is 292 g/mol. The maximum absolute atomic E-state index is 11.7. The lowest BCUT2D eigenvalue weighted by molar-refractivity contribution is -0.123. The van der Waals surface area contributed by atoms with Gasteiger partial charge >= 0.3 is 0 Å². The van der Waals surface area contributed by atoms with Crippen molar-refractivity contribution in [2.24, 2.45) is 5.92 Å². The summed E-state index contributed by atoms with van der Waals surface area (Å²) in [6.07, 6.45) is 3.10. The van der Waals surface area contributed by atoms with E-state index in [2.05, 4.69) is 10.6 Å². The lowest BCUT2D eigenvalue weighted by Crippen LogP contribution is -2.35. The highest BCUT2D eigenvalue weighted by molar-refractivity contribution is 5.81. The quantitative estimate of drug-likeness (QED) is 0.685. The van der Waals surface area contributed by atoms with Gasteiger partial charge in [-0.2, -0.15) is 0 Å². The summed E-state index contributed by atoms with van der Waals surface area (Å²) >= 11 is 0. The highest BCUT2D eigenvalue weighted by Crippen LogP contribution is 2.28. The number of hydrogen-bond acceptors (Lipinski definition) is 3. The first-order valence-electron chi connectivity index (χ1n) is 8.31. The summed E-state index contributed by atoms with van der Waals surface area (Å²) < 4.78 is 5.77. The molecule has 2 rings (SSSR count). The van der Waals surface area contributed by atoms with E-state index in [1.54, 1.807) is 0 Å². The summed E-state index contributed by atoms with van der Waals surface area (Å²) in [6, 6.07) is 6.04. The lowest BCUT2D eigenvalue weighted by atomic mass is 10.1. The fourth-order valence-electron chi connectivity index (χ4n) is 2.40. The van der Waals surface area contributed by atoms with Crippen molar-refractivity contribution in [2.75, 3.05) is 19.7 Å². The molecule has 5 heteroatoms. The normalized spacial score (nSPS) is 13.5. The predicted octanol–water partition coefficient (Wildman–Crippen LogP) is 2.10. The monoisotopic (exact) mass is 318 g/mol. The summed E-state index contributed by atoms with van der Waals surface area (Å²) in [7, 11) is 0. The van der Waals surface area contributed by atoms with Crippen molar-refractivity contribution in [3.63, 3.8) is 0 Å². The van der Waals surface area contributed by atoms with Gasteiger partial charge < -0.3 is 15.4 Å². The van der Waals surface area contributed by atoms with Crippen LogP contribution in [0.4, 0.5) is 0 Å². The third-order valence-electron chi connectivity index (χ3n) is 3.90. The zero-order valence-corrected chi connectivity index (χ0v) is 14.0. The number of carbonyl (C=O) groups is 2. The standard InChI is InChI=1S/C18H26N2O3/c1-13-5-3-6-14(2)17(13)23-12-4-7-16(21)19-10-11-20-18(22)15-8-9-15/h3,5-6,15H,4,7-12H2,1-2H3,(H,19,21)(H,20,22). The van der Waals surface area contributed by atoms with Crippen LogP contribution in [0, 0.1) is 19.8 Å². The molecule has 1 fully saturated rings. The highest BCUT2D eigenvalue weighted by Gasteiger charge is 2.28. The van der Waals surface area contributed by atoms with E-state index in [0.717, 1.165) is 29.7 Å². The molecule has 0 aliphatic heterocycles. The molecule has 0 aromatic heterocycles. The summed E-state index contributed by atoms with van der Waals surface area (Å²) in [4.78, 5) is 23.1. The fraction of sp³-hybridized carbons (Fsp3) is 0.556. The Morgan fingerprint density at radius 3 is 2.43 bits per heavy atom. The fourth-order valence-corrected chi connectivity index (χ4v) is 2.40. The van der Waals surface area contributed by atoms with Gasteiger partial charge in [-0.1, -0.05) is 18.2 Å². The second-order valence-electron chi connectivity index (χ2n) is 6.09. The molecule has 1 aromatic carbocycles. The summed E-state index contributed by atoms with van der Waals surface area (Å²) in [6.45, 7) is 5.54. The van der Waals surface area contributed by atoms with Gasteiger partial charge in [0.25, 0.3) is 0 Å². The Labute approximate surface area is 137 Å². The van der Waals surface area contributed by atoms with Crippen molar-refractivity contribution in [1.29, 1.82) is 0 Å². The molecule has 0 atom stereocenters. The van der Waals surface area contributed by atoms with E-state index in [0.29, 0.717) is 32.5 Å². The molecule has 0 heterocycles. The van der Waals surface area contributed by atoms with Crippen LogP contribution in [0.25, 0.3) is 0 Å². The Morgan fingerprint density at radius 2 is 1.78 bits per heavy atom. The van der Waals surface area contributed by atoms with Crippen LogP contribution in [0.5, 0.6) is 5.75 Å². The van der Waals surface area contributed by atoms with Gasteiger partial charge in [-0.25, -0.2) is 0 Å². The number of rotatable bonds is 9. The molecule has 0 saturated heterocycles. The average Bonchev–Trinajstić information content (AvgIpc) is 3.35. The van der Waals surface area contributed by atoms with Crippen LogP contribution >= 0.6 is 0 Å². The number of carbonyl (C=O) groups excluding carboxylic acids is 2. The van der Waals surface area contributed by atoms with Crippen molar-refractivity contribution in [1.82, 2.24) is 10.6 Å². The van der Waals surface area contributed by atoms with Gasteiger partial charge in [-0.05, 0) is 44.2 Å². The van der Waals surface area contributed by atoms with Crippen molar-refractivity contribution < 1.29 is 14.3 Å². The Kier molecular flexibility index (Phi) is 6.44. The summed E-state index contributed by atoms with van der Waals surface area (Å²) in [5.74, 6) is 1.24. The first-order chi connectivity index (χ1) is 11.1. The van der Waals surface area contributed by atoms with E-state index < -0.39 is 0 Å². The van der Waals surface area contributed by atoms with Crippen LogP contribution in [-0.2, 0) is 9.59 Å². The predicted molar refractivity (Wildman–Crippen MR) is 89.4 cm³/mol. The van der Waals surface area contributed by atoms with Crippen LogP contribution in [-0.4, -0.2) is 31.5 Å². The van der Waals surface area contributed by atoms with Crippen LogP contribution in [0.1, 0.15) is 36.8 Å². The first-order valence-corrected chi connectivity index (χ1v) is 8.31. The number of para-hydroxylation sites is 1. The van der Waals surface area contributed by atoms with E-state index in [-0.39, 0.29) is 17.7 Å². The smallest absolute Gasteiger partial charge is 0.223 e. The first kappa shape index (κ1) is 17.3. The zero-order chi connectivity index (χ0) is 16.7. The minimum atomic E-state index is -0.00391. The number of hydrogen-bond donors (Lipinski definition) is 2. The number of aryl methyl sites for hydroxylation is 2. The molecule has 0 unspecified atom stereocenters. The van der Waals surface area contributed by atoms with Crippen molar-refractivity contribution in [2.45, 2.75) is 39.5 Å². The van der Waals surface area contributed by atoms with E-state index in [4.69, 9.17) is 4.74 Å². The molecule has 2 amide bonds. The van der Waals surface area contributed by atoms with Crippen molar-refractivity contribution in [3.05, 3.63) is 29.3 Å². The molecule has 23 heavy (non-hydrogen) atoms. The van der Waals surface area contributed by atoms with Gasteiger partial charge in [-0.3, -0.25) is 9.59 Å². The lowest BCUT2D eigenvalue weighted by Gasteiger charge is -2.12. The number of nitrogens with one attached hydrogen (secondary N) is 2. The van der Waals surface area contributed by atoms with Crippen LogP contribution < -0.4 is 15.4 Å². The third kappa shape index (κ3) is 5.93. The molecule has 1 aliphatic rings. The topological polar surface area (TPSA) is 67.4 Å². The van der Waals surface area contributed by atoms with Crippen LogP contribution in [0.2, 0.25) is 0 Å². The summed E-state index contributed by atoms with van der Waals surface area (Å²) in [5.41, 5.74) is 2.22. The van der Waals surface area contributed by atoms with Gasteiger partial charge in [0, 0.05) is 25.4 Å². The summed E-state index contributed by atoms with van der Waals surface area (Å²) in [5, 5.41) is 5.63. The van der Waals surface area contributed by atoms with E-state index >= 15 is 0 Å². The second kappa shape index (κ2) is 8.56. The zero-order valence-electron chi connectivity index (χ0n) is 14.0. The number of ether oxygens (including phenoxy) is 1. The minimum absolute atomic E-state index is 0.00391. The van der Waals surface area contributed by atoms with Gasteiger partial charge in [0.15, 0.2) is 0 Å². The van der Waals surface area contributed by atoms with Crippen LogP contribution in [0.15, 0.2) is 18.2 Å². The van der Waals surface area contributed by atoms with E-state index in [1.165, 1.54) is 0 Å². The molecule has 2 N–H and O–H groups in total. The molecule has 1 saturated carbocycles. The molecular formula is C18H26N2O3. The molecule has 126 valence electrons. The average molecular weight is 318 g/mol. The third-order valence-corrected chi connectivity index (χ3v) is 3.90. The number of amides is 2. The van der Waals surface area contributed by atoms with Gasteiger partial charge in [0.2, 0.25) is 11.8 Å². The molecule has 1 aliphatic carbocycles. The Balaban J connectivity index is 1.53. The Hall–Kier alpha value is -2.04. The molecule has 0 bridgehead atoms. The SMILES string of the molecule is Cc1cccc(C)c1OCCCC(=O)NCCNC(=O)C1CC1. The van der Waals surface area contributed by atoms with Crippen LogP contribution in [0.3, 0.4) is 0 Å². The van der Waals surface area contributed by atoms with Gasteiger partial charge in [0.05, 0.1) is 6.61 Å². The Bertz CT molecular complexity index is 533. The van der Waals surface area contributed by atoms with Crippen molar-refractivity contribution in [3.8, 4) is 5.75 Å². The van der Waals surface area contributed by atoms with Gasteiger partial charge in [0.1, 0.15) is 5.75 Å². The van der Waals surface area contributed by atoms with E-state index in [1.807, 2.05) is 32.0 Å². The largest absolute Gasteiger partial charge is 0.493 e. The second-order valence-corrected chi connectivity index (χ2v) is 6.09.